The van der Waals surface area contributed by atoms with Crippen molar-refractivity contribution in [1.82, 2.24) is 19.8 Å². The topological polar surface area (TPSA) is 181 Å². The number of thioether (sulfide) groups is 1. The molecule has 0 spiro atoms. The van der Waals surface area contributed by atoms with Gasteiger partial charge in [0.1, 0.15) is 5.69 Å². The minimum Gasteiger partial charge on any atom is -0.541 e. The summed E-state index contributed by atoms with van der Waals surface area (Å²) in [5, 5.41) is 20.1. The van der Waals surface area contributed by atoms with Crippen LogP contribution in [0.2, 0.25) is 0 Å². The van der Waals surface area contributed by atoms with Gasteiger partial charge in [0.25, 0.3) is 0 Å². The molecule has 1 N–H and O–H groups in total. The molecule has 3 amide bonds. The number of aliphatic hydroxyl groups is 1. The van der Waals surface area contributed by atoms with Crippen LogP contribution in [0.3, 0.4) is 0 Å². The lowest BCUT2D eigenvalue weighted by atomic mass is 9.90. The third kappa shape index (κ3) is 6.26. The number of urea groups is 1. The fourth-order valence-electron chi connectivity index (χ4n) is 5.14. The van der Waals surface area contributed by atoms with Gasteiger partial charge in [0.05, 0.1) is 42.2 Å². The van der Waals surface area contributed by atoms with Crippen LogP contribution >= 0.6 is 23.1 Å². The largest absolute Gasteiger partial charge is 0.541 e. The number of rotatable bonds is 12. The smallest absolute Gasteiger partial charge is 0.378 e. The maximum Gasteiger partial charge on any atom is 0.378 e. The average molecular weight is 664 g/mol. The Hall–Kier alpha value is -4.22. The minimum atomic E-state index is -1.68. The summed E-state index contributed by atoms with van der Waals surface area (Å²) in [5.74, 6) is -4.06. The molecule has 1 unspecified atom stereocenters. The maximum atomic E-state index is 13.5. The van der Waals surface area contributed by atoms with E-state index in [0.717, 1.165) is 22.9 Å². The van der Waals surface area contributed by atoms with Crippen molar-refractivity contribution in [2.45, 2.75) is 36.6 Å². The van der Waals surface area contributed by atoms with Crippen molar-refractivity contribution in [3.05, 3.63) is 51.5 Å². The Kier molecular flexibility index (Phi) is 9.83. The van der Waals surface area contributed by atoms with E-state index in [4.69, 9.17) is 20.9 Å². The number of thiazole rings is 1. The lowest BCUT2D eigenvalue weighted by Crippen LogP contribution is -2.59. The number of β-lactam (4-membered cyclic amide) rings is 1. The lowest BCUT2D eigenvalue weighted by Gasteiger charge is -2.40. The van der Waals surface area contributed by atoms with E-state index in [1.54, 1.807) is 6.92 Å². The summed E-state index contributed by atoms with van der Waals surface area (Å²) < 4.78 is 8.69. The fraction of sp³-hybridized carbons (Fsp3) is 0.407. The molecular formula is C27H26B2N6O9S2. The lowest BCUT2D eigenvalue weighted by molar-refractivity contribution is -0.153. The van der Waals surface area contributed by atoms with Crippen LogP contribution in [0, 0.1) is 19.8 Å². The highest BCUT2D eigenvalue weighted by molar-refractivity contribution is 8.02. The number of hydrogen-bond acceptors (Lipinski definition) is 14. The quantitative estimate of drug-likeness (QED) is 0.140. The summed E-state index contributed by atoms with van der Waals surface area (Å²) in [5.41, 5.74) is 1.67. The number of ketones is 1. The number of hydrazone groups is 1. The van der Waals surface area contributed by atoms with Crippen LogP contribution in [0.25, 0.3) is 0 Å². The number of benzene rings is 1. The van der Waals surface area contributed by atoms with Crippen LogP contribution in [-0.2, 0) is 33.3 Å². The van der Waals surface area contributed by atoms with Gasteiger partial charge in [-0.25, -0.2) is 19.6 Å². The molecular weight excluding hydrogens is 638 g/mol. The third-order valence-corrected chi connectivity index (χ3v) is 10.1. The zero-order valence-electron chi connectivity index (χ0n) is 24.6. The molecule has 0 saturated carbocycles. The Labute approximate surface area is 273 Å². The predicted octanol–water partition coefficient (Wildman–Crippen LogP) is 0.0534. The molecule has 0 bridgehead atoms. The number of aryl methyl sites for hydroxylation is 2. The van der Waals surface area contributed by atoms with Crippen molar-refractivity contribution < 1.29 is 43.2 Å². The zero-order chi connectivity index (χ0) is 33.2. The van der Waals surface area contributed by atoms with Gasteiger partial charge in [0, 0.05) is 18.3 Å². The second-order valence-corrected chi connectivity index (χ2v) is 13.0. The Morgan fingerprint density at radius 2 is 1.91 bits per heavy atom. The van der Waals surface area contributed by atoms with Gasteiger partial charge in [-0.05, 0) is 19.4 Å². The standard InChI is InChI=1S/C27H26B2N6O9S2/c1-14-3-5-16(6-4-14)10-30-35-8-7-34(26(35)41)27(25(40)43-29)13-33-22(38)17(23(33)46-27)9-19(37)21(18-12-45-15(2)31-18)32-44-20(11-36)24(39)42-28/h3-6,10,12,17,20,23,36H,7-9,11,13H2,1-2H3/b30-10+,32-21-/t17-,20-,23-,27?/m1/s1. The van der Waals surface area contributed by atoms with Crippen molar-refractivity contribution in [2.24, 2.45) is 16.2 Å². The summed E-state index contributed by atoms with van der Waals surface area (Å²) in [6.07, 6.45) is -0.449. The first-order chi connectivity index (χ1) is 22.0. The van der Waals surface area contributed by atoms with Gasteiger partial charge >= 0.3 is 34.1 Å². The number of nitrogens with zero attached hydrogens (tertiary/aromatic N) is 6. The molecule has 19 heteroatoms. The minimum absolute atomic E-state index is 0.0963. The van der Waals surface area contributed by atoms with Crippen molar-refractivity contribution in [1.29, 1.82) is 0 Å². The molecule has 4 atom stereocenters. The molecule has 4 radical (unpaired) electrons. The van der Waals surface area contributed by atoms with E-state index in [1.807, 2.05) is 31.2 Å². The van der Waals surface area contributed by atoms with Crippen LogP contribution in [0.15, 0.2) is 39.9 Å². The molecule has 3 saturated heterocycles. The van der Waals surface area contributed by atoms with E-state index in [1.165, 1.54) is 37.7 Å². The highest BCUT2D eigenvalue weighted by atomic mass is 32.2. The van der Waals surface area contributed by atoms with Gasteiger partial charge in [-0.2, -0.15) is 5.10 Å². The highest BCUT2D eigenvalue weighted by Crippen LogP contribution is 2.53. The first-order valence-corrected chi connectivity index (χ1v) is 15.6. The molecule has 46 heavy (non-hydrogen) atoms. The van der Waals surface area contributed by atoms with Gasteiger partial charge in [-0.1, -0.05) is 46.7 Å². The number of fused-ring (bicyclic) bond motifs is 1. The number of Topliss-reactive ketones (excluding diaryl/α,β-unsaturated/α-hetero) is 1. The van der Waals surface area contributed by atoms with E-state index in [0.29, 0.717) is 5.01 Å². The number of carbonyl (C=O) groups excluding carboxylic acids is 5. The highest BCUT2D eigenvalue weighted by Gasteiger charge is 2.66. The van der Waals surface area contributed by atoms with Crippen LogP contribution < -0.4 is 0 Å². The summed E-state index contributed by atoms with van der Waals surface area (Å²) in [6.45, 7) is 2.87. The fourth-order valence-corrected chi connectivity index (χ4v) is 7.47. The normalized spacial score (nSPS) is 23.4. The Balaban J connectivity index is 1.33. The van der Waals surface area contributed by atoms with Crippen LogP contribution in [0.1, 0.15) is 28.2 Å². The van der Waals surface area contributed by atoms with Crippen molar-refractivity contribution in [2.75, 3.05) is 26.2 Å². The summed E-state index contributed by atoms with van der Waals surface area (Å²) in [4.78, 5) is 75.4. The van der Waals surface area contributed by atoms with E-state index >= 15 is 0 Å². The number of aliphatic hydroxyl groups excluding tert-OH is 1. The van der Waals surface area contributed by atoms with Gasteiger partial charge in [0.2, 0.25) is 16.9 Å². The first-order valence-electron chi connectivity index (χ1n) is 13.8. The van der Waals surface area contributed by atoms with Gasteiger partial charge in [0.15, 0.2) is 11.5 Å². The van der Waals surface area contributed by atoms with Crippen molar-refractivity contribution in [3.8, 4) is 0 Å². The molecule has 0 aliphatic carbocycles. The monoisotopic (exact) mass is 664 g/mol. The van der Waals surface area contributed by atoms with E-state index in [2.05, 4.69) is 24.5 Å². The van der Waals surface area contributed by atoms with Crippen molar-refractivity contribution >= 4 is 80.8 Å². The summed E-state index contributed by atoms with van der Waals surface area (Å²) >= 11 is 2.21. The Morgan fingerprint density at radius 3 is 2.54 bits per heavy atom. The van der Waals surface area contributed by atoms with Crippen LogP contribution in [0.4, 0.5) is 4.79 Å². The van der Waals surface area contributed by atoms with Crippen molar-refractivity contribution in [3.63, 3.8) is 0 Å². The first kappa shape index (κ1) is 33.2. The predicted molar refractivity (Wildman–Crippen MR) is 166 cm³/mol. The maximum absolute atomic E-state index is 13.5. The molecule has 236 valence electrons. The van der Waals surface area contributed by atoms with Crippen LogP contribution in [0.5, 0.6) is 0 Å². The average Bonchev–Trinajstić information content (AvgIpc) is 3.76. The zero-order valence-corrected chi connectivity index (χ0v) is 26.2. The van der Waals surface area contributed by atoms with E-state index in [-0.39, 0.29) is 37.5 Å². The molecule has 4 heterocycles. The Bertz CT molecular complexity index is 1610. The number of aromatic nitrogens is 1. The molecule has 3 aliphatic heterocycles. The van der Waals surface area contributed by atoms with Gasteiger partial charge < -0.3 is 24.2 Å². The van der Waals surface area contributed by atoms with Gasteiger partial charge in [-0.15, -0.1) is 11.3 Å². The summed E-state index contributed by atoms with van der Waals surface area (Å²) in [7, 11) is 10.2. The number of amides is 3. The number of carbonyl (C=O) groups is 5. The van der Waals surface area contributed by atoms with Gasteiger partial charge in [-0.3, -0.25) is 19.3 Å². The number of hydrogen-bond donors (Lipinski definition) is 1. The SMILES string of the molecule is [B]OC(=O)[C@@H](CO)O/N=C(\C(=O)C[C@@H]1C(=O)N2CC(C(=O)O[B])(N3CCN(/N=C/c4ccc(C)cc4)C3=O)S[C@H]12)c1csc(C)n1. The summed E-state index contributed by atoms with van der Waals surface area (Å²) in [6, 6.07) is 6.95. The van der Waals surface area contributed by atoms with E-state index in [9.17, 15) is 29.1 Å². The Morgan fingerprint density at radius 1 is 1.17 bits per heavy atom. The molecule has 5 rings (SSSR count). The molecule has 2 aromatic rings. The second-order valence-electron chi connectivity index (χ2n) is 10.5. The number of oxime groups is 1. The molecule has 15 nitrogen and oxygen atoms in total. The molecule has 1 aromatic carbocycles. The third-order valence-electron chi connectivity index (χ3n) is 7.57. The van der Waals surface area contributed by atoms with Crippen LogP contribution in [-0.4, -0.2) is 125 Å². The molecule has 1 aromatic heterocycles. The van der Waals surface area contributed by atoms with E-state index < -0.39 is 58.5 Å². The molecule has 3 fully saturated rings. The molecule has 3 aliphatic rings. The second kappa shape index (κ2) is 13.6.